The smallest absolute Gasteiger partial charge is 0.337 e. The van der Waals surface area contributed by atoms with E-state index >= 15 is 0 Å². The third kappa shape index (κ3) is 4.97. The van der Waals surface area contributed by atoms with Gasteiger partial charge in [-0.15, -0.1) is 0 Å². The molecule has 0 unspecified atom stereocenters. The number of ether oxygens (including phenoxy) is 2. The van der Waals surface area contributed by atoms with Gasteiger partial charge in [0.15, 0.2) is 5.78 Å². The fraction of sp³-hybridized carbons (Fsp3) is 0.379. The maximum absolute atomic E-state index is 13.7. The van der Waals surface area contributed by atoms with Crippen LogP contribution in [0.15, 0.2) is 71.1 Å². The Kier molecular flexibility index (Phi) is 7.01. The van der Waals surface area contributed by atoms with Crippen LogP contribution in [0.2, 0.25) is 0 Å². The molecule has 2 atom stereocenters. The van der Waals surface area contributed by atoms with Gasteiger partial charge in [-0.25, -0.2) is 4.79 Å². The number of nitrogens with zero attached hydrogens (tertiary/aromatic N) is 1. The molecule has 35 heavy (non-hydrogen) atoms. The molecule has 0 aromatic heterocycles. The van der Waals surface area contributed by atoms with E-state index in [9.17, 15) is 9.59 Å². The Bertz CT molecular complexity index is 1170. The van der Waals surface area contributed by atoms with Gasteiger partial charge in [-0.2, -0.15) is 0 Å². The number of anilines is 1. The van der Waals surface area contributed by atoms with Gasteiger partial charge < -0.3 is 19.7 Å². The van der Waals surface area contributed by atoms with Gasteiger partial charge in [0.05, 0.1) is 18.8 Å². The molecule has 6 heteroatoms. The summed E-state index contributed by atoms with van der Waals surface area (Å²) in [5, 5.41) is 3.41. The summed E-state index contributed by atoms with van der Waals surface area (Å²) in [6, 6.07) is 16.0. The highest BCUT2D eigenvalue weighted by atomic mass is 16.5. The van der Waals surface area contributed by atoms with Crippen molar-refractivity contribution in [3.05, 3.63) is 82.2 Å². The molecule has 0 radical (unpaired) electrons. The highest BCUT2D eigenvalue weighted by Gasteiger charge is 2.41. The quantitative estimate of drug-likeness (QED) is 0.590. The maximum Gasteiger partial charge on any atom is 0.337 e. The standard InChI is InChI=1S/C29H34N2O4/c1-17(2)35-29(33)26-18(3)30-24-15-21(19-9-13-23(34-6)14-10-19)16-25(32)28(24)27(26)20-7-11-22(12-8-20)31(4)5/h7-14,17,21,27,30H,15-16H2,1-6H3/t21-,27+/m0/s1. The lowest BCUT2D eigenvalue weighted by Gasteiger charge is -2.37. The van der Waals surface area contributed by atoms with Crippen LogP contribution >= 0.6 is 0 Å². The zero-order valence-electron chi connectivity index (χ0n) is 21.3. The molecule has 1 aliphatic heterocycles. The average molecular weight is 475 g/mol. The van der Waals surface area contributed by atoms with E-state index < -0.39 is 5.92 Å². The van der Waals surface area contributed by atoms with E-state index in [-0.39, 0.29) is 23.8 Å². The first-order valence-electron chi connectivity index (χ1n) is 12.1. The number of Topliss-reactive ketones (excluding diaryl/α,β-unsaturated/α-hetero) is 1. The minimum Gasteiger partial charge on any atom is -0.497 e. The molecule has 0 amide bonds. The highest BCUT2D eigenvalue weighted by Crippen LogP contribution is 2.46. The van der Waals surface area contributed by atoms with E-state index in [1.165, 1.54) is 0 Å². The zero-order valence-corrected chi connectivity index (χ0v) is 21.3. The summed E-state index contributed by atoms with van der Waals surface area (Å²) >= 11 is 0. The van der Waals surface area contributed by atoms with Gasteiger partial charge in [-0.3, -0.25) is 4.79 Å². The molecular weight excluding hydrogens is 440 g/mol. The number of methoxy groups -OCH3 is 1. The fourth-order valence-corrected chi connectivity index (χ4v) is 5.00. The van der Waals surface area contributed by atoms with Gasteiger partial charge in [0.2, 0.25) is 0 Å². The summed E-state index contributed by atoms with van der Waals surface area (Å²) in [6.45, 7) is 5.56. The summed E-state index contributed by atoms with van der Waals surface area (Å²) in [6.07, 6.45) is 0.838. The summed E-state index contributed by atoms with van der Waals surface area (Å²) in [7, 11) is 5.61. The Morgan fingerprint density at radius 1 is 1.00 bits per heavy atom. The topological polar surface area (TPSA) is 67.9 Å². The lowest BCUT2D eigenvalue weighted by molar-refractivity contribution is -0.143. The van der Waals surface area contributed by atoms with Crippen molar-refractivity contribution < 1.29 is 19.1 Å². The van der Waals surface area contributed by atoms with Crippen molar-refractivity contribution in [1.29, 1.82) is 0 Å². The molecule has 4 rings (SSSR count). The van der Waals surface area contributed by atoms with Crippen molar-refractivity contribution in [2.75, 3.05) is 26.1 Å². The number of hydrogen-bond donors (Lipinski definition) is 1. The molecule has 184 valence electrons. The van der Waals surface area contributed by atoms with Crippen LogP contribution in [0, 0.1) is 0 Å². The Labute approximate surface area is 207 Å². The third-order valence-electron chi connectivity index (χ3n) is 6.72. The molecule has 6 nitrogen and oxygen atoms in total. The minimum atomic E-state index is -0.460. The molecule has 0 saturated carbocycles. The van der Waals surface area contributed by atoms with Crippen LogP contribution in [-0.2, 0) is 14.3 Å². The predicted octanol–water partition coefficient (Wildman–Crippen LogP) is 5.07. The summed E-state index contributed by atoms with van der Waals surface area (Å²) in [5.41, 5.74) is 5.88. The third-order valence-corrected chi connectivity index (χ3v) is 6.72. The first-order valence-corrected chi connectivity index (χ1v) is 12.1. The van der Waals surface area contributed by atoms with Gasteiger partial charge >= 0.3 is 5.97 Å². The Balaban J connectivity index is 1.76. The second-order valence-electron chi connectivity index (χ2n) is 9.73. The number of esters is 1. The number of ketones is 1. The fourth-order valence-electron chi connectivity index (χ4n) is 5.00. The lowest BCUT2D eigenvalue weighted by Crippen LogP contribution is -2.36. The van der Waals surface area contributed by atoms with Crippen molar-refractivity contribution in [1.82, 2.24) is 5.32 Å². The summed E-state index contributed by atoms with van der Waals surface area (Å²) in [4.78, 5) is 28.9. The molecule has 0 saturated heterocycles. The molecule has 1 aliphatic carbocycles. The number of hydrogen-bond acceptors (Lipinski definition) is 6. The van der Waals surface area contributed by atoms with Crippen molar-refractivity contribution >= 4 is 17.4 Å². The van der Waals surface area contributed by atoms with E-state index in [0.717, 1.165) is 34.0 Å². The first kappa shape index (κ1) is 24.6. The number of nitrogens with one attached hydrogen (secondary N) is 1. The van der Waals surface area contributed by atoms with E-state index in [1.54, 1.807) is 7.11 Å². The number of carbonyl (C=O) groups excluding carboxylic acids is 2. The number of rotatable bonds is 6. The van der Waals surface area contributed by atoms with Gasteiger partial charge in [0.25, 0.3) is 0 Å². The largest absolute Gasteiger partial charge is 0.497 e. The van der Waals surface area contributed by atoms with Crippen LogP contribution in [0.1, 0.15) is 56.6 Å². The molecule has 0 fully saturated rings. The molecule has 0 spiro atoms. The second kappa shape index (κ2) is 9.98. The lowest BCUT2D eigenvalue weighted by atomic mass is 9.71. The second-order valence-corrected chi connectivity index (χ2v) is 9.73. The molecule has 1 heterocycles. The van der Waals surface area contributed by atoms with Gasteiger partial charge in [-0.1, -0.05) is 24.3 Å². The highest BCUT2D eigenvalue weighted by molar-refractivity contribution is 6.04. The average Bonchev–Trinajstić information content (AvgIpc) is 2.82. The Morgan fingerprint density at radius 2 is 1.63 bits per heavy atom. The van der Waals surface area contributed by atoms with Gasteiger partial charge in [-0.05, 0) is 68.5 Å². The first-order chi connectivity index (χ1) is 16.7. The molecule has 2 aromatic carbocycles. The summed E-state index contributed by atoms with van der Waals surface area (Å²) in [5.74, 6) is 0.0678. The molecular formula is C29H34N2O4. The monoisotopic (exact) mass is 474 g/mol. The van der Waals surface area contributed by atoms with Crippen LogP contribution in [0.3, 0.4) is 0 Å². The van der Waals surface area contributed by atoms with E-state index in [1.807, 2.05) is 88.3 Å². The number of dihydropyridines is 1. The zero-order chi connectivity index (χ0) is 25.3. The normalized spacial score (nSPS) is 19.9. The van der Waals surface area contributed by atoms with Crippen molar-refractivity contribution in [3.63, 3.8) is 0 Å². The minimum absolute atomic E-state index is 0.0589. The number of allylic oxidation sites excluding steroid dienone is 3. The van der Waals surface area contributed by atoms with E-state index in [4.69, 9.17) is 9.47 Å². The van der Waals surface area contributed by atoms with E-state index in [0.29, 0.717) is 24.0 Å². The number of carbonyl (C=O) groups is 2. The summed E-state index contributed by atoms with van der Waals surface area (Å²) < 4.78 is 10.9. The maximum atomic E-state index is 13.7. The predicted molar refractivity (Wildman–Crippen MR) is 138 cm³/mol. The van der Waals surface area contributed by atoms with Crippen molar-refractivity contribution in [3.8, 4) is 5.75 Å². The molecule has 2 aliphatic rings. The van der Waals surface area contributed by atoms with Crippen LogP contribution in [0.4, 0.5) is 5.69 Å². The molecule has 1 N–H and O–H groups in total. The van der Waals surface area contributed by atoms with Crippen LogP contribution in [0.5, 0.6) is 5.75 Å². The molecule has 0 bridgehead atoms. The Hall–Kier alpha value is -3.54. The van der Waals surface area contributed by atoms with Gasteiger partial charge in [0.1, 0.15) is 5.75 Å². The van der Waals surface area contributed by atoms with E-state index in [2.05, 4.69) is 5.32 Å². The number of benzene rings is 2. The Morgan fingerprint density at radius 3 is 2.20 bits per heavy atom. The van der Waals surface area contributed by atoms with Crippen molar-refractivity contribution in [2.45, 2.75) is 51.6 Å². The van der Waals surface area contributed by atoms with Crippen molar-refractivity contribution in [2.24, 2.45) is 0 Å². The molecule has 2 aromatic rings. The van der Waals surface area contributed by atoms with Crippen LogP contribution in [-0.4, -0.2) is 39.1 Å². The van der Waals surface area contributed by atoms with Gasteiger partial charge in [0, 0.05) is 49.1 Å². The van der Waals surface area contributed by atoms with Crippen LogP contribution < -0.4 is 15.0 Å². The SMILES string of the molecule is COc1ccc([C@@H]2CC(=O)C3=C(C2)NC(C)=C(C(=O)OC(C)C)[C@H]3c2ccc(N(C)C)cc2)cc1. The van der Waals surface area contributed by atoms with Crippen LogP contribution in [0.25, 0.3) is 0 Å².